The van der Waals surface area contributed by atoms with E-state index < -0.39 is 0 Å². The van der Waals surface area contributed by atoms with Gasteiger partial charge in [0.15, 0.2) is 0 Å². The van der Waals surface area contributed by atoms with E-state index in [9.17, 15) is 4.79 Å². The highest BCUT2D eigenvalue weighted by Crippen LogP contribution is 2.28. The molecule has 0 unspecified atom stereocenters. The fraction of sp³-hybridized carbons (Fsp3) is 0.190. The van der Waals surface area contributed by atoms with Crippen LogP contribution in [0.25, 0.3) is 10.6 Å². The lowest BCUT2D eigenvalue weighted by atomic mass is 10.2. The van der Waals surface area contributed by atoms with Crippen molar-refractivity contribution in [2.24, 2.45) is 0 Å². The molecule has 1 amide bonds. The molecule has 3 heterocycles. The van der Waals surface area contributed by atoms with Crippen LogP contribution < -0.4 is 0 Å². The Morgan fingerprint density at radius 3 is 2.71 bits per heavy atom. The van der Waals surface area contributed by atoms with Crippen LogP contribution in [0.4, 0.5) is 0 Å². The molecule has 7 heteroatoms. The first-order valence-electron chi connectivity index (χ1n) is 8.93. The van der Waals surface area contributed by atoms with E-state index in [0.717, 1.165) is 21.9 Å². The van der Waals surface area contributed by atoms with Gasteiger partial charge in [0, 0.05) is 19.3 Å². The van der Waals surface area contributed by atoms with Crippen molar-refractivity contribution in [3.05, 3.63) is 82.7 Å². The Balaban J connectivity index is 1.63. The molecule has 0 aliphatic rings. The zero-order chi connectivity index (χ0) is 19.5. The Labute approximate surface area is 167 Å². The molecule has 0 spiro atoms. The maximum Gasteiger partial charge on any atom is 0.257 e. The molecule has 142 valence electrons. The lowest BCUT2D eigenvalue weighted by Gasteiger charge is -2.15. The highest BCUT2D eigenvalue weighted by atomic mass is 32.1. The van der Waals surface area contributed by atoms with Crippen LogP contribution in [0.1, 0.15) is 27.4 Å². The molecular formula is C21H20N4O2S. The van der Waals surface area contributed by atoms with Crippen molar-refractivity contribution in [1.82, 2.24) is 19.8 Å². The van der Waals surface area contributed by atoms with Crippen LogP contribution in [-0.2, 0) is 13.1 Å². The summed E-state index contributed by atoms with van der Waals surface area (Å²) in [6.45, 7) is 2.82. The molecule has 6 nitrogen and oxygen atoms in total. The van der Waals surface area contributed by atoms with Crippen molar-refractivity contribution in [2.45, 2.75) is 20.0 Å². The van der Waals surface area contributed by atoms with Gasteiger partial charge in [0.05, 0.1) is 23.5 Å². The first-order chi connectivity index (χ1) is 13.6. The molecule has 0 radical (unpaired) electrons. The number of aryl methyl sites for hydroxylation is 1. The van der Waals surface area contributed by atoms with Gasteiger partial charge in [0.25, 0.3) is 5.91 Å². The number of carbonyl (C=O) groups is 1. The number of thiophene rings is 1. The summed E-state index contributed by atoms with van der Waals surface area (Å²) < 4.78 is 6.93. The van der Waals surface area contributed by atoms with E-state index in [1.165, 1.54) is 0 Å². The third kappa shape index (κ3) is 3.89. The van der Waals surface area contributed by atoms with Crippen LogP contribution in [0.15, 0.2) is 64.6 Å². The molecule has 0 bridgehead atoms. The van der Waals surface area contributed by atoms with Gasteiger partial charge in [-0.25, -0.2) is 0 Å². The molecule has 0 aliphatic carbocycles. The Morgan fingerprint density at radius 2 is 2.04 bits per heavy atom. The van der Waals surface area contributed by atoms with Crippen LogP contribution in [-0.4, -0.2) is 32.8 Å². The molecule has 28 heavy (non-hydrogen) atoms. The van der Waals surface area contributed by atoms with Crippen molar-refractivity contribution >= 4 is 17.2 Å². The number of carbonyl (C=O) groups excluding carboxylic acids is 1. The first-order valence-corrected chi connectivity index (χ1v) is 9.81. The van der Waals surface area contributed by atoms with Gasteiger partial charge in [-0.2, -0.15) is 5.10 Å². The summed E-state index contributed by atoms with van der Waals surface area (Å²) in [5, 5.41) is 10.7. The van der Waals surface area contributed by atoms with Gasteiger partial charge >= 0.3 is 0 Å². The Kier molecular flexibility index (Phi) is 5.08. The number of benzene rings is 1. The zero-order valence-electron chi connectivity index (χ0n) is 15.7. The summed E-state index contributed by atoms with van der Waals surface area (Å²) in [6, 6.07) is 15.9. The highest BCUT2D eigenvalue weighted by molar-refractivity contribution is 7.13. The lowest BCUT2D eigenvalue weighted by Crippen LogP contribution is -2.26. The quantitative estimate of drug-likeness (QED) is 0.493. The summed E-state index contributed by atoms with van der Waals surface area (Å²) >= 11 is 1.57. The second-order valence-electron chi connectivity index (χ2n) is 6.64. The third-order valence-corrected chi connectivity index (χ3v) is 5.23. The standard InChI is InChI=1S/C21H20N4O2S/c1-15-11-17(23-27-15)13-24(2)21(26)18-14-25(12-16-7-4-3-5-8-16)22-20(18)19-9-6-10-28-19/h3-11,14H,12-13H2,1-2H3. The first kappa shape index (κ1) is 18.2. The number of hydrogen-bond acceptors (Lipinski definition) is 5. The van der Waals surface area contributed by atoms with Gasteiger partial charge < -0.3 is 9.42 Å². The predicted molar refractivity (Wildman–Crippen MR) is 108 cm³/mol. The van der Waals surface area contributed by atoms with Crippen molar-refractivity contribution < 1.29 is 9.32 Å². The third-order valence-electron chi connectivity index (χ3n) is 4.36. The smallest absolute Gasteiger partial charge is 0.257 e. The monoisotopic (exact) mass is 392 g/mol. The number of rotatable bonds is 6. The average molecular weight is 392 g/mol. The molecule has 1 aromatic carbocycles. The van der Waals surface area contributed by atoms with Gasteiger partial charge in [0.1, 0.15) is 17.1 Å². The molecule has 0 aliphatic heterocycles. The van der Waals surface area contributed by atoms with Gasteiger partial charge in [-0.05, 0) is 23.9 Å². The molecule has 4 rings (SSSR count). The molecule has 0 saturated carbocycles. The minimum absolute atomic E-state index is 0.0941. The number of nitrogens with zero attached hydrogens (tertiary/aromatic N) is 4. The fourth-order valence-corrected chi connectivity index (χ4v) is 3.76. The highest BCUT2D eigenvalue weighted by Gasteiger charge is 2.22. The number of hydrogen-bond donors (Lipinski definition) is 0. The minimum Gasteiger partial charge on any atom is -0.361 e. The molecule has 4 aromatic rings. The Morgan fingerprint density at radius 1 is 1.21 bits per heavy atom. The molecular weight excluding hydrogens is 372 g/mol. The van der Waals surface area contributed by atoms with Crippen LogP contribution in [0.2, 0.25) is 0 Å². The normalized spacial score (nSPS) is 10.9. The van der Waals surface area contributed by atoms with Crippen molar-refractivity contribution in [1.29, 1.82) is 0 Å². The van der Waals surface area contributed by atoms with E-state index in [2.05, 4.69) is 5.16 Å². The van der Waals surface area contributed by atoms with E-state index in [0.29, 0.717) is 24.3 Å². The van der Waals surface area contributed by atoms with E-state index in [1.807, 2.05) is 71.7 Å². The maximum atomic E-state index is 13.2. The SMILES string of the molecule is Cc1cc(CN(C)C(=O)c2cn(Cc3ccccc3)nc2-c2cccs2)no1. The van der Waals surface area contributed by atoms with Crippen LogP contribution in [0.3, 0.4) is 0 Å². The van der Waals surface area contributed by atoms with Gasteiger partial charge in [0.2, 0.25) is 0 Å². The molecule has 0 N–H and O–H groups in total. The second-order valence-corrected chi connectivity index (χ2v) is 7.59. The second kappa shape index (κ2) is 7.82. The Bertz CT molecular complexity index is 1070. The van der Waals surface area contributed by atoms with E-state index in [4.69, 9.17) is 9.62 Å². The molecule has 0 atom stereocenters. The van der Waals surface area contributed by atoms with E-state index in [1.54, 1.807) is 23.3 Å². The van der Waals surface area contributed by atoms with Gasteiger partial charge in [-0.1, -0.05) is 41.6 Å². The lowest BCUT2D eigenvalue weighted by molar-refractivity contribution is 0.0783. The van der Waals surface area contributed by atoms with Crippen molar-refractivity contribution in [2.75, 3.05) is 7.05 Å². The zero-order valence-corrected chi connectivity index (χ0v) is 16.5. The largest absolute Gasteiger partial charge is 0.361 e. The number of aromatic nitrogens is 3. The number of amides is 1. The van der Waals surface area contributed by atoms with Crippen molar-refractivity contribution in [3.63, 3.8) is 0 Å². The summed E-state index contributed by atoms with van der Waals surface area (Å²) in [5.74, 6) is 0.633. The fourth-order valence-electron chi connectivity index (χ4n) is 3.04. The summed E-state index contributed by atoms with van der Waals surface area (Å²) in [6.07, 6.45) is 1.83. The molecule has 0 saturated heterocycles. The summed E-state index contributed by atoms with van der Waals surface area (Å²) in [4.78, 5) is 15.8. The van der Waals surface area contributed by atoms with E-state index in [-0.39, 0.29) is 5.91 Å². The predicted octanol–water partition coefficient (Wildman–Crippen LogP) is 4.23. The average Bonchev–Trinajstić information content (AvgIpc) is 3.43. The van der Waals surface area contributed by atoms with E-state index >= 15 is 0 Å². The Hall–Kier alpha value is -3.19. The maximum absolute atomic E-state index is 13.2. The van der Waals surface area contributed by atoms with Gasteiger partial charge in [-0.15, -0.1) is 11.3 Å². The van der Waals surface area contributed by atoms with Crippen LogP contribution in [0.5, 0.6) is 0 Å². The topological polar surface area (TPSA) is 64.2 Å². The van der Waals surface area contributed by atoms with Gasteiger partial charge in [-0.3, -0.25) is 9.48 Å². The minimum atomic E-state index is -0.0941. The van der Waals surface area contributed by atoms with Crippen LogP contribution in [0, 0.1) is 6.92 Å². The summed E-state index contributed by atoms with van der Waals surface area (Å²) in [7, 11) is 1.76. The molecule has 3 aromatic heterocycles. The van der Waals surface area contributed by atoms with Crippen molar-refractivity contribution in [3.8, 4) is 10.6 Å². The summed E-state index contributed by atoms with van der Waals surface area (Å²) in [5.41, 5.74) is 3.15. The molecule has 0 fully saturated rings. The van der Waals surface area contributed by atoms with Crippen LogP contribution >= 0.6 is 11.3 Å².